The van der Waals surface area contributed by atoms with Gasteiger partial charge in [-0.25, -0.2) is 17.2 Å². The summed E-state index contributed by atoms with van der Waals surface area (Å²) in [5, 5.41) is 10.3. The van der Waals surface area contributed by atoms with Gasteiger partial charge in [-0.3, -0.25) is 10.1 Å². The van der Waals surface area contributed by atoms with E-state index in [1.54, 1.807) is 0 Å². The number of hydrogen-bond donors (Lipinski definition) is 1. The van der Waals surface area contributed by atoms with Crippen LogP contribution in [-0.4, -0.2) is 48.7 Å². The fourth-order valence-corrected chi connectivity index (χ4v) is 3.69. The number of rotatable bonds is 7. The van der Waals surface area contributed by atoms with Gasteiger partial charge >= 0.3 is 0 Å². The van der Waals surface area contributed by atoms with Crippen LogP contribution in [0.15, 0.2) is 22.5 Å². The molecule has 0 saturated carbocycles. The maximum Gasteiger partial charge on any atom is 0.241 e. The molecular weight excluding hydrogens is 394 g/mol. The van der Waals surface area contributed by atoms with Crippen LogP contribution < -0.4 is 5.32 Å². The number of aromatic nitrogens is 2. The van der Waals surface area contributed by atoms with Gasteiger partial charge in [-0.15, -0.1) is 10.2 Å². The second-order valence-electron chi connectivity index (χ2n) is 5.01. The van der Waals surface area contributed by atoms with E-state index in [4.69, 9.17) is 0 Å². The number of nitrogens with zero attached hydrogens (tertiary/aromatic N) is 3. The van der Waals surface area contributed by atoms with Crippen molar-refractivity contribution >= 4 is 44.2 Å². The third-order valence-electron chi connectivity index (χ3n) is 2.87. The zero-order valence-electron chi connectivity index (χ0n) is 13.2. The average molecular weight is 408 g/mol. The molecule has 1 heterocycles. The molecule has 0 unspecified atom stereocenters. The molecular formula is C13H14F2N4O3S3. The van der Waals surface area contributed by atoms with Gasteiger partial charge in [-0.2, -0.15) is 4.31 Å². The highest BCUT2D eigenvalue weighted by molar-refractivity contribution is 8.00. The Morgan fingerprint density at radius 3 is 2.52 bits per heavy atom. The van der Waals surface area contributed by atoms with Gasteiger partial charge in [0.2, 0.25) is 21.1 Å². The molecule has 0 aliphatic carbocycles. The molecule has 7 nitrogen and oxygen atoms in total. The lowest BCUT2D eigenvalue weighted by molar-refractivity contribution is -0.116. The Morgan fingerprint density at radius 2 is 1.92 bits per heavy atom. The standard InChI is InChI=1S/C13H14F2N4O3S3/c1-19(25(2,21)22)6-11(20)16-12-17-18-13(24-12)23-7-8-3-9(14)5-10(15)4-8/h3-5H,6-7H2,1-2H3,(H,16,17,20). The van der Waals surface area contributed by atoms with Crippen molar-refractivity contribution in [1.29, 1.82) is 0 Å². The van der Waals surface area contributed by atoms with E-state index in [-0.39, 0.29) is 17.4 Å². The van der Waals surface area contributed by atoms with E-state index >= 15 is 0 Å². The highest BCUT2D eigenvalue weighted by Gasteiger charge is 2.16. The predicted octanol–water partition coefficient (Wildman–Crippen LogP) is 1.94. The molecule has 0 bridgehead atoms. The van der Waals surface area contributed by atoms with Gasteiger partial charge < -0.3 is 0 Å². The first-order valence-corrected chi connectivity index (χ1v) is 10.4. The van der Waals surface area contributed by atoms with Gasteiger partial charge in [0, 0.05) is 18.9 Å². The van der Waals surface area contributed by atoms with Crippen LogP contribution in [0.5, 0.6) is 0 Å². The molecule has 0 saturated heterocycles. The Bertz CT molecular complexity index is 853. The molecule has 1 aromatic carbocycles. The monoisotopic (exact) mass is 408 g/mol. The van der Waals surface area contributed by atoms with Crippen molar-refractivity contribution in [3.05, 3.63) is 35.4 Å². The van der Waals surface area contributed by atoms with E-state index in [1.807, 2.05) is 0 Å². The van der Waals surface area contributed by atoms with E-state index < -0.39 is 27.6 Å². The second-order valence-corrected chi connectivity index (χ2v) is 9.30. The summed E-state index contributed by atoms with van der Waals surface area (Å²) >= 11 is 2.29. The molecule has 0 atom stereocenters. The molecule has 1 N–H and O–H groups in total. The van der Waals surface area contributed by atoms with Crippen molar-refractivity contribution < 1.29 is 22.0 Å². The molecule has 12 heteroatoms. The Balaban J connectivity index is 1.90. The van der Waals surface area contributed by atoms with Crippen molar-refractivity contribution in [3.8, 4) is 0 Å². The number of carbonyl (C=O) groups is 1. The minimum absolute atomic E-state index is 0.208. The van der Waals surface area contributed by atoms with Crippen LogP contribution in [0.4, 0.5) is 13.9 Å². The first kappa shape index (κ1) is 19.7. The van der Waals surface area contributed by atoms with Gasteiger partial charge in [-0.05, 0) is 17.7 Å². The Morgan fingerprint density at radius 1 is 1.28 bits per heavy atom. The topological polar surface area (TPSA) is 92.3 Å². The summed E-state index contributed by atoms with van der Waals surface area (Å²) in [4.78, 5) is 11.8. The molecule has 2 aromatic rings. The SMILES string of the molecule is CN(CC(=O)Nc1nnc(SCc2cc(F)cc(F)c2)s1)S(C)(=O)=O. The highest BCUT2D eigenvalue weighted by atomic mass is 32.2. The summed E-state index contributed by atoms with van der Waals surface area (Å²) in [6.07, 6.45) is 0.995. The number of nitrogens with one attached hydrogen (secondary N) is 1. The second kappa shape index (κ2) is 8.17. The largest absolute Gasteiger partial charge is 0.299 e. The summed E-state index contributed by atoms with van der Waals surface area (Å²) in [6, 6.07) is 3.24. The Hall–Kier alpha value is -1.63. The maximum atomic E-state index is 13.1. The van der Waals surface area contributed by atoms with Crippen LogP contribution in [0.1, 0.15) is 5.56 Å². The van der Waals surface area contributed by atoms with Crippen LogP contribution in [0.3, 0.4) is 0 Å². The normalized spacial score (nSPS) is 11.7. The van der Waals surface area contributed by atoms with Crippen LogP contribution in [0.2, 0.25) is 0 Å². The molecule has 1 amide bonds. The number of hydrogen-bond acceptors (Lipinski definition) is 7. The van der Waals surface area contributed by atoms with Crippen LogP contribution >= 0.6 is 23.1 Å². The highest BCUT2D eigenvalue weighted by Crippen LogP contribution is 2.28. The summed E-state index contributed by atoms with van der Waals surface area (Å²) in [7, 11) is -2.17. The minimum atomic E-state index is -3.46. The fourth-order valence-electron chi connectivity index (χ4n) is 1.64. The van der Waals surface area contributed by atoms with Crippen molar-refractivity contribution in [3.63, 3.8) is 0 Å². The number of amides is 1. The lowest BCUT2D eigenvalue weighted by atomic mass is 10.2. The molecule has 2 rings (SSSR count). The van der Waals surface area contributed by atoms with Gasteiger partial charge in [0.15, 0.2) is 4.34 Å². The smallest absolute Gasteiger partial charge is 0.241 e. The van der Waals surface area contributed by atoms with Crippen molar-refractivity contribution in [2.24, 2.45) is 0 Å². The van der Waals surface area contributed by atoms with Crippen LogP contribution in [0, 0.1) is 11.6 Å². The zero-order chi connectivity index (χ0) is 18.6. The number of halogens is 2. The summed E-state index contributed by atoms with van der Waals surface area (Å²) in [5.74, 6) is -1.58. The number of thioether (sulfide) groups is 1. The molecule has 1 aromatic heterocycles. The van der Waals surface area contributed by atoms with Crippen molar-refractivity contribution in [2.45, 2.75) is 10.1 Å². The third-order valence-corrected chi connectivity index (χ3v) is 6.17. The number of benzene rings is 1. The first-order valence-electron chi connectivity index (χ1n) is 6.76. The third kappa shape index (κ3) is 6.30. The summed E-state index contributed by atoms with van der Waals surface area (Å²) < 4.78 is 50.1. The zero-order valence-corrected chi connectivity index (χ0v) is 15.6. The Labute approximate surface area is 151 Å². The van der Waals surface area contributed by atoms with E-state index in [9.17, 15) is 22.0 Å². The van der Waals surface area contributed by atoms with E-state index in [2.05, 4.69) is 15.5 Å². The number of likely N-dealkylation sites (N-methyl/N-ethyl adjacent to an activating group) is 1. The molecule has 0 spiro atoms. The van der Waals surface area contributed by atoms with Gasteiger partial charge in [0.05, 0.1) is 12.8 Å². The molecule has 0 aliphatic rings. The summed E-state index contributed by atoms with van der Waals surface area (Å²) in [5.41, 5.74) is 0.457. The Kier molecular flexibility index (Phi) is 6.43. The molecule has 0 radical (unpaired) electrons. The predicted molar refractivity (Wildman–Crippen MR) is 91.9 cm³/mol. The van der Waals surface area contributed by atoms with Gasteiger partial charge in [0.1, 0.15) is 11.6 Å². The number of sulfonamides is 1. The molecule has 0 aliphatic heterocycles. The fraction of sp³-hybridized carbons (Fsp3) is 0.308. The lowest BCUT2D eigenvalue weighted by Gasteiger charge is -2.12. The quantitative estimate of drug-likeness (QED) is 0.556. The maximum absolute atomic E-state index is 13.1. The van der Waals surface area contributed by atoms with Gasteiger partial charge in [0.25, 0.3) is 0 Å². The van der Waals surface area contributed by atoms with Crippen LogP contribution in [0.25, 0.3) is 0 Å². The number of carbonyl (C=O) groups excluding carboxylic acids is 1. The molecule has 25 heavy (non-hydrogen) atoms. The average Bonchev–Trinajstić information content (AvgIpc) is 2.90. The summed E-state index contributed by atoms with van der Waals surface area (Å²) in [6.45, 7) is -0.344. The van der Waals surface area contributed by atoms with E-state index in [0.29, 0.717) is 9.90 Å². The van der Waals surface area contributed by atoms with E-state index in [0.717, 1.165) is 28.0 Å². The van der Waals surface area contributed by atoms with E-state index in [1.165, 1.54) is 30.9 Å². The van der Waals surface area contributed by atoms with Gasteiger partial charge in [-0.1, -0.05) is 23.1 Å². The molecule has 0 fully saturated rings. The lowest BCUT2D eigenvalue weighted by Crippen LogP contribution is -2.34. The minimum Gasteiger partial charge on any atom is -0.299 e. The number of anilines is 1. The van der Waals surface area contributed by atoms with Crippen LogP contribution in [-0.2, 0) is 20.6 Å². The molecule has 136 valence electrons. The van der Waals surface area contributed by atoms with Crippen molar-refractivity contribution in [2.75, 3.05) is 25.2 Å². The van der Waals surface area contributed by atoms with Crippen molar-refractivity contribution in [1.82, 2.24) is 14.5 Å². The first-order chi connectivity index (χ1) is 11.6.